The molecular weight excluding hydrogens is 180 g/mol. The highest BCUT2D eigenvalue weighted by molar-refractivity contribution is 7.80. The van der Waals surface area contributed by atoms with E-state index in [1.807, 2.05) is 18.2 Å². The highest BCUT2D eigenvalue weighted by Gasteiger charge is 1.94. The molecule has 13 heavy (non-hydrogen) atoms. The van der Waals surface area contributed by atoms with Crippen LogP contribution in [0.3, 0.4) is 0 Å². The average molecular weight is 188 g/mol. The number of fused-ring (bicyclic) bond motifs is 1. The number of H-pyrrole nitrogens is 1. The van der Waals surface area contributed by atoms with E-state index in [4.69, 9.17) is 0 Å². The van der Waals surface area contributed by atoms with Crippen molar-refractivity contribution in [3.05, 3.63) is 30.0 Å². The summed E-state index contributed by atoms with van der Waals surface area (Å²) in [5.41, 5.74) is 2.01. The minimum absolute atomic E-state index is 0.584. The smallest absolute Gasteiger partial charge is 0.0662 e. The van der Waals surface area contributed by atoms with Gasteiger partial charge in [0.15, 0.2) is 0 Å². The maximum Gasteiger partial charge on any atom is 0.0662 e. The minimum Gasteiger partial charge on any atom is -0.278 e. The van der Waals surface area contributed by atoms with Gasteiger partial charge in [0.05, 0.1) is 17.5 Å². The second-order valence-corrected chi connectivity index (χ2v) is 2.95. The normalized spacial score (nSPS) is 9.62. The first-order valence-corrected chi connectivity index (χ1v) is 4.56. The highest BCUT2D eigenvalue weighted by Crippen LogP contribution is 2.11. The van der Waals surface area contributed by atoms with Gasteiger partial charge in [0.25, 0.3) is 0 Å². The van der Waals surface area contributed by atoms with Gasteiger partial charge in [-0.1, -0.05) is 11.8 Å². The number of rotatable bonds is 0. The van der Waals surface area contributed by atoms with Gasteiger partial charge >= 0.3 is 0 Å². The van der Waals surface area contributed by atoms with E-state index < -0.39 is 0 Å². The first-order valence-electron chi connectivity index (χ1n) is 3.93. The molecule has 0 saturated carbocycles. The zero-order valence-electron chi connectivity index (χ0n) is 6.91. The maximum absolute atomic E-state index is 4.02. The number of thiol groups is 1. The largest absolute Gasteiger partial charge is 0.278 e. The molecule has 0 amide bonds. The molecule has 0 fully saturated rings. The third-order valence-corrected chi connectivity index (χ3v) is 1.91. The van der Waals surface area contributed by atoms with Crippen molar-refractivity contribution in [1.82, 2.24) is 10.2 Å². The van der Waals surface area contributed by atoms with E-state index in [0.29, 0.717) is 5.75 Å². The van der Waals surface area contributed by atoms with E-state index in [9.17, 15) is 0 Å². The van der Waals surface area contributed by atoms with Crippen molar-refractivity contribution in [2.45, 2.75) is 0 Å². The Morgan fingerprint density at radius 1 is 1.46 bits per heavy atom. The monoisotopic (exact) mass is 188 g/mol. The van der Waals surface area contributed by atoms with Crippen LogP contribution in [-0.2, 0) is 0 Å². The Morgan fingerprint density at radius 3 is 3.23 bits per heavy atom. The Hall–Kier alpha value is -1.40. The fourth-order valence-electron chi connectivity index (χ4n) is 1.16. The van der Waals surface area contributed by atoms with Gasteiger partial charge in [-0.25, -0.2) is 0 Å². The molecule has 0 aliphatic rings. The maximum atomic E-state index is 4.02. The van der Waals surface area contributed by atoms with E-state index in [0.717, 1.165) is 16.5 Å². The van der Waals surface area contributed by atoms with Gasteiger partial charge in [0, 0.05) is 10.9 Å². The van der Waals surface area contributed by atoms with E-state index in [2.05, 4.69) is 34.7 Å². The number of aromatic nitrogens is 2. The summed E-state index contributed by atoms with van der Waals surface area (Å²) in [6, 6.07) is 5.97. The van der Waals surface area contributed by atoms with E-state index in [1.165, 1.54) is 0 Å². The molecule has 1 aromatic carbocycles. The Labute approximate surface area is 81.8 Å². The zero-order chi connectivity index (χ0) is 9.10. The van der Waals surface area contributed by atoms with Gasteiger partial charge in [-0.15, -0.1) is 0 Å². The third kappa shape index (κ3) is 1.68. The second kappa shape index (κ2) is 3.55. The van der Waals surface area contributed by atoms with Crippen molar-refractivity contribution in [3.8, 4) is 11.8 Å². The predicted octanol–water partition coefficient (Wildman–Crippen LogP) is 1.84. The van der Waals surface area contributed by atoms with Crippen LogP contribution in [0.25, 0.3) is 10.9 Å². The van der Waals surface area contributed by atoms with Crippen LogP contribution in [0.1, 0.15) is 5.56 Å². The summed E-state index contributed by atoms with van der Waals surface area (Å²) in [6.45, 7) is 0. The van der Waals surface area contributed by atoms with Crippen LogP contribution in [-0.4, -0.2) is 16.0 Å². The van der Waals surface area contributed by atoms with Crippen LogP contribution in [0.5, 0.6) is 0 Å². The molecule has 0 bridgehead atoms. The molecule has 2 nitrogen and oxygen atoms in total. The molecule has 3 heteroatoms. The number of aromatic amines is 1. The predicted molar refractivity (Wildman–Crippen MR) is 56.8 cm³/mol. The molecule has 0 spiro atoms. The Bertz CT molecular complexity index is 476. The molecule has 2 aromatic rings. The van der Waals surface area contributed by atoms with Crippen LogP contribution in [0.2, 0.25) is 0 Å². The van der Waals surface area contributed by atoms with Gasteiger partial charge in [-0.05, 0) is 18.2 Å². The average Bonchev–Trinajstić information content (AvgIpc) is 2.61. The molecule has 0 aliphatic carbocycles. The molecule has 1 aromatic heterocycles. The summed E-state index contributed by atoms with van der Waals surface area (Å²) in [5, 5.41) is 7.94. The van der Waals surface area contributed by atoms with Crippen molar-refractivity contribution >= 4 is 23.5 Å². The summed E-state index contributed by atoms with van der Waals surface area (Å²) in [4.78, 5) is 0. The van der Waals surface area contributed by atoms with Gasteiger partial charge in [-0.3, -0.25) is 5.10 Å². The van der Waals surface area contributed by atoms with Gasteiger partial charge in [0.1, 0.15) is 0 Å². The first-order chi connectivity index (χ1) is 6.40. The molecule has 0 aliphatic heterocycles. The summed E-state index contributed by atoms with van der Waals surface area (Å²) >= 11 is 4.02. The molecule has 1 N–H and O–H groups in total. The number of hydrogen-bond acceptors (Lipinski definition) is 2. The molecule has 0 unspecified atom stereocenters. The van der Waals surface area contributed by atoms with Gasteiger partial charge < -0.3 is 0 Å². The van der Waals surface area contributed by atoms with Crippen LogP contribution >= 0.6 is 12.6 Å². The highest BCUT2D eigenvalue weighted by atomic mass is 32.1. The number of benzene rings is 1. The Morgan fingerprint density at radius 2 is 2.38 bits per heavy atom. The summed E-state index contributed by atoms with van der Waals surface area (Å²) < 4.78 is 0. The lowest BCUT2D eigenvalue weighted by atomic mass is 10.2. The SMILES string of the molecule is SCC#Cc1ccc2cn[nH]c2c1. The molecular formula is C10H8N2S. The van der Waals surface area contributed by atoms with Crippen LogP contribution in [0.15, 0.2) is 24.4 Å². The summed E-state index contributed by atoms with van der Waals surface area (Å²) in [7, 11) is 0. The van der Waals surface area contributed by atoms with Crippen molar-refractivity contribution < 1.29 is 0 Å². The first kappa shape index (κ1) is 8.21. The van der Waals surface area contributed by atoms with Crippen LogP contribution in [0.4, 0.5) is 0 Å². The zero-order valence-corrected chi connectivity index (χ0v) is 7.81. The van der Waals surface area contributed by atoms with Crippen molar-refractivity contribution in [1.29, 1.82) is 0 Å². The van der Waals surface area contributed by atoms with Crippen molar-refractivity contribution in [2.24, 2.45) is 0 Å². The lowest BCUT2D eigenvalue weighted by Crippen LogP contribution is -1.75. The minimum atomic E-state index is 0.584. The lowest BCUT2D eigenvalue weighted by molar-refractivity contribution is 1.12. The van der Waals surface area contributed by atoms with Gasteiger partial charge in [0.2, 0.25) is 0 Å². The fraction of sp³-hybridized carbons (Fsp3) is 0.100. The topological polar surface area (TPSA) is 28.7 Å². The van der Waals surface area contributed by atoms with Gasteiger partial charge in [-0.2, -0.15) is 17.7 Å². The molecule has 0 saturated heterocycles. The molecule has 2 rings (SSSR count). The standard InChI is InChI=1S/C10H8N2S/c13-5-1-2-8-3-4-9-7-11-12-10(9)6-8/h3-4,6-7,13H,5H2,(H,11,12). The van der Waals surface area contributed by atoms with Crippen LogP contribution < -0.4 is 0 Å². The number of hydrogen-bond donors (Lipinski definition) is 2. The fourth-order valence-corrected chi connectivity index (χ4v) is 1.24. The van der Waals surface area contributed by atoms with E-state index in [1.54, 1.807) is 6.20 Å². The quantitative estimate of drug-likeness (QED) is 0.479. The number of nitrogens with one attached hydrogen (secondary N) is 1. The Kier molecular flexibility index (Phi) is 2.24. The number of nitrogens with zero attached hydrogens (tertiary/aromatic N) is 1. The molecule has 1 heterocycles. The third-order valence-electron chi connectivity index (χ3n) is 1.75. The summed E-state index contributed by atoms with van der Waals surface area (Å²) in [6.07, 6.45) is 1.80. The summed E-state index contributed by atoms with van der Waals surface area (Å²) in [5.74, 6) is 6.49. The van der Waals surface area contributed by atoms with E-state index in [-0.39, 0.29) is 0 Å². The second-order valence-electron chi connectivity index (χ2n) is 2.63. The molecule has 0 radical (unpaired) electrons. The van der Waals surface area contributed by atoms with Crippen molar-refractivity contribution in [2.75, 3.05) is 5.75 Å². The van der Waals surface area contributed by atoms with Crippen molar-refractivity contribution in [3.63, 3.8) is 0 Å². The lowest BCUT2D eigenvalue weighted by Gasteiger charge is -1.89. The van der Waals surface area contributed by atoms with E-state index >= 15 is 0 Å². The molecule has 64 valence electrons. The van der Waals surface area contributed by atoms with Crippen LogP contribution in [0, 0.1) is 11.8 Å². The molecule has 0 atom stereocenters. The Balaban J connectivity index is 2.48.